The number of carbonyl (C=O) groups excluding carboxylic acids is 1. The lowest BCUT2D eigenvalue weighted by molar-refractivity contribution is -0.149. The Hall–Kier alpha value is -1.55. The number of rotatable bonds is 5. The van der Waals surface area contributed by atoms with Gasteiger partial charge in [0.1, 0.15) is 5.75 Å². The van der Waals surface area contributed by atoms with Crippen molar-refractivity contribution in [2.75, 3.05) is 6.61 Å². The molecule has 0 bridgehead atoms. The van der Waals surface area contributed by atoms with Crippen molar-refractivity contribution in [3.63, 3.8) is 0 Å². The van der Waals surface area contributed by atoms with Gasteiger partial charge < -0.3 is 14.6 Å². The summed E-state index contributed by atoms with van der Waals surface area (Å²) >= 11 is 0. The summed E-state index contributed by atoms with van der Waals surface area (Å²) in [5.41, 5.74) is 1.70. The summed E-state index contributed by atoms with van der Waals surface area (Å²) < 4.78 is 10.3. The van der Waals surface area contributed by atoms with E-state index in [1.807, 2.05) is 19.1 Å². The van der Waals surface area contributed by atoms with Crippen molar-refractivity contribution in [1.82, 2.24) is 0 Å². The quantitative estimate of drug-likeness (QED) is 0.795. The van der Waals surface area contributed by atoms with Crippen LogP contribution < -0.4 is 4.74 Å². The van der Waals surface area contributed by atoms with Crippen molar-refractivity contribution < 1.29 is 19.4 Å². The number of esters is 1. The molecule has 0 aromatic heterocycles. The Bertz CT molecular complexity index is 385. The zero-order valence-corrected chi connectivity index (χ0v) is 10.4. The molecule has 1 aromatic carbocycles. The van der Waals surface area contributed by atoms with Crippen LogP contribution in [0.25, 0.3) is 0 Å². The highest BCUT2D eigenvalue weighted by atomic mass is 16.6. The van der Waals surface area contributed by atoms with E-state index in [0.717, 1.165) is 5.56 Å². The number of aliphatic hydroxyl groups is 1. The smallest absolute Gasteiger partial charge is 0.344 e. The second-order valence-electron chi connectivity index (χ2n) is 4.10. The summed E-state index contributed by atoms with van der Waals surface area (Å²) in [6, 6.07) is 5.43. The highest BCUT2D eigenvalue weighted by Gasteiger charge is 2.09. The fraction of sp³-hybridized carbons (Fsp3) is 0.462. The molecule has 0 saturated heterocycles. The molecule has 0 spiro atoms. The molecule has 0 heterocycles. The molecule has 4 heteroatoms. The van der Waals surface area contributed by atoms with Crippen molar-refractivity contribution in [3.8, 4) is 5.75 Å². The molecule has 0 radical (unpaired) electrons. The van der Waals surface area contributed by atoms with Crippen LogP contribution in [0.1, 0.15) is 25.0 Å². The van der Waals surface area contributed by atoms with Crippen LogP contribution in [0, 0.1) is 6.92 Å². The Morgan fingerprint density at radius 3 is 2.71 bits per heavy atom. The Labute approximate surface area is 101 Å². The van der Waals surface area contributed by atoms with E-state index < -0.39 is 5.97 Å². The van der Waals surface area contributed by atoms with E-state index >= 15 is 0 Å². The van der Waals surface area contributed by atoms with Gasteiger partial charge in [-0.15, -0.1) is 0 Å². The van der Waals surface area contributed by atoms with Gasteiger partial charge in [0.15, 0.2) is 6.61 Å². The van der Waals surface area contributed by atoms with Crippen molar-refractivity contribution in [2.24, 2.45) is 0 Å². The summed E-state index contributed by atoms with van der Waals surface area (Å²) in [5, 5.41) is 9.16. The van der Waals surface area contributed by atoms with Crippen molar-refractivity contribution in [1.29, 1.82) is 0 Å². The van der Waals surface area contributed by atoms with Crippen LogP contribution in [0.15, 0.2) is 18.2 Å². The van der Waals surface area contributed by atoms with E-state index in [-0.39, 0.29) is 19.3 Å². The Kier molecular flexibility index (Phi) is 4.97. The molecule has 0 saturated carbocycles. The summed E-state index contributed by atoms with van der Waals surface area (Å²) in [5.74, 6) is 0.100. The first kappa shape index (κ1) is 13.5. The van der Waals surface area contributed by atoms with Gasteiger partial charge in [0, 0.05) is 5.56 Å². The Balaban J connectivity index is 2.60. The molecule has 1 rings (SSSR count). The molecule has 1 aromatic rings. The molecule has 0 atom stereocenters. The molecule has 0 unspecified atom stereocenters. The highest BCUT2D eigenvalue weighted by molar-refractivity contribution is 5.71. The third kappa shape index (κ3) is 4.44. The van der Waals surface area contributed by atoms with E-state index in [9.17, 15) is 4.79 Å². The molecule has 17 heavy (non-hydrogen) atoms. The van der Waals surface area contributed by atoms with Crippen molar-refractivity contribution >= 4 is 5.97 Å². The van der Waals surface area contributed by atoms with E-state index in [1.165, 1.54) is 0 Å². The van der Waals surface area contributed by atoms with E-state index in [1.54, 1.807) is 19.9 Å². The highest BCUT2D eigenvalue weighted by Crippen LogP contribution is 2.19. The monoisotopic (exact) mass is 238 g/mol. The maximum absolute atomic E-state index is 11.3. The van der Waals surface area contributed by atoms with Crippen LogP contribution in [0.5, 0.6) is 5.75 Å². The van der Waals surface area contributed by atoms with Crippen LogP contribution in [-0.4, -0.2) is 23.8 Å². The van der Waals surface area contributed by atoms with Gasteiger partial charge in [0.05, 0.1) is 12.7 Å². The summed E-state index contributed by atoms with van der Waals surface area (Å²) in [6.45, 7) is 5.23. The van der Waals surface area contributed by atoms with Gasteiger partial charge in [-0.3, -0.25) is 0 Å². The van der Waals surface area contributed by atoms with Crippen LogP contribution >= 0.6 is 0 Å². The number of hydrogen-bond acceptors (Lipinski definition) is 4. The first-order valence-corrected chi connectivity index (χ1v) is 5.55. The number of aryl methyl sites for hydroxylation is 1. The second kappa shape index (κ2) is 6.25. The zero-order valence-electron chi connectivity index (χ0n) is 10.4. The van der Waals surface area contributed by atoms with Crippen LogP contribution in [0.3, 0.4) is 0 Å². The molecule has 1 N–H and O–H groups in total. The average molecular weight is 238 g/mol. The summed E-state index contributed by atoms with van der Waals surface area (Å²) in [7, 11) is 0. The summed E-state index contributed by atoms with van der Waals surface area (Å²) in [6.07, 6.45) is -0.151. The number of aliphatic hydroxyl groups excluding tert-OH is 1. The van der Waals surface area contributed by atoms with Crippen LogP contribution in [-0.2, 0) is 16.1 Å². The number of carbonyl (C=O) groups is 1. The van der Waals surface area contributed by atoms with Crippen LogP contribution in [0.2, 0.25) is 0 Å². The minimum Gasteiger partial charge on any atom is -0.482 e. The maximum atomic E-state index is 11.3. The average Bonchev–Trinajstić information content (AvgIpc) is 2.26. The Morgan fingerprint density at radius 1 is 1.41 bits per heavy atom. The fourth-order valence-corrected chi connectivity index (χ4v) is 1.41. The number of hydrogen-bond donors (Lipinski definition) is 1. The summed E-state index contributed by atoms with van der Waals surface area (Å²) in [4.78, 5) is 11.3. The molecular formula is C13H18O4. The largest absolute Gasteiger partial charge is 0.482 e. The topological polar surface area (TPSA) is 55.8 Å². The first-order valence-electron chi connectivity index (χ1n) is 5.55. The van der Waals surface area contributed by atoms with Gasteiger partial charge in [0.25, 0.3) is 0 Å². The van der Waals surface area contributed by atoms with Crippen molar-refractivity contribution in [2.45, 2.75) is 33.5 Å². The standard InChI is InChI=1S/C13H18O4/c1-9(2)17-13(15)8-16-12-5-4-10(3)6-11(12)7-14/h4-6,9,14H,7-8H2,1-3H3. The molecule has 94 valence electrons. The number of benzene rings is 1. The van der Waals surface area contributed by atoms with Gasteiger partial charge in [-0.05, 0) is 26.8 Å². The molecule has 0 aliphatic carbocycles. The minimum absolute atomic E-state index is 0.115. The molecule has 0 aliphatic rings. The van der Waals surface area contributed by atoms with Gasteiger partial charge in [0.2, 0.25) is 0 Å². The van der Waals surface area contributed by atoms with E-state index in [4.69, 9.17) is 14.6 Å². The predicted molar refractivity (Wildman–Crippen MR) is 63.8 cm³/mol. The third-order valence-electron chi connectivity index (χ3n) is 2.10. The zero-order chi connectivity index (χ0) is 12.8. The molecule has 0 aliphatic heterocycles. The van der Waals surface area contributed by atoms with Crippen LogP contribution in [0.4, 0.5) is 0 Å². The Morgan fingerprint density at radius 2 is 2.12 bits per heavy atom. The number of ether oxygens (including phenoxy) is 2. The first-order chi connectivity index (χ1) is 8.02. The van der Waals surface area contributed by atoms with Gasteiger partial charge >= 0.3 is 5.97 Å². The van der Waals surface area contributed by atoms with Gasteiger partial charge in [-0.2, -0.15) is 0 Å². The molecule has 4 nitrogen and oxygen atoms in total. The van der Waals surface area contributed by atoms with E-state index in [2.05, 4.69) is 0 Å². The van der Waals surface area contributed by atoms with Gasteiger partial charge in [-0.1, -0.05) is 17.7 Å². The maximum Gasteiger partial charge on any atom is 0.344 e. The minimum atomic E-state index is -0.413. The third-order valence-corrected chi connectivity index (χ3v) is 2.10. The van der Waals surface area contributed by atoms with Gasteiger partial charge in [-0.25, -0.2) is 4.79 Å². The molecule has 0 fully saturated rings. The fourth-order valence-electron chi connectivity index (χ4n) is 1.41. The normalized spacial score (nSPS) is 10.4. The molecular weight excluding hydrogens is 220 g/mol. The predicted octanol–water partition coefficient (Wildman–Crippen LogP) is 1.82. The second-order valence-corrected chi connectivity index (χ2v) is 4.10. The van der Waals surface area contributed by atoms with E-state index in [0.29, 0.717) is 11.3 Å². The lowest BCUT2D eigenvalue weighted by Crippen LogP contribution is -2.19. The SMILES string of the molecule is Cc1ccc(OCC(=O)OC(C)C)c(CO)c1. The van der Waals surface area contributed by atoms with Crippen molar-refractivity contribution in [3.05, 3.63) is 29.3 Å². The lowest BCUT2D eigenvalue weighted by atomic mass is 10.1. The lowest BCUT2D eigenvalue weighted by Gasteiger charge is -2.12. The molecule has 0 amide bonds.